The highest BCUT2D eigenvalue weighted by Gasteiger charge is 2.17. The van der Waals surface area contributed by atoms with Crippen LogP contribution in [0.2, 0.25) is 0 Å². The molecular formula is C34H51N5O. The second kappa shape index (κ2) is 24.0. The Kier molecular flexibility index (Phi) is 22.8. The molecule has 4 rings (SSSR count). The predicted octanol–water partition coefficient (Wildman–Crippen LogP) is 6.26. The molecule has 0 radical (unpaired) electrons. The normalized spacial score (nSPS) is 13.1. The summed E-state index contributed by atoms with van der Waals surface area (Å²) >= 11 is 0. The van der Waals surface area contributed by atoms with E-state index in [0.717, 1.165) is 36.2 Å². The Balaban J connectivity index is 0. The summed E-state index contributed by atoms with van der Waals surface area (Å²) in [6, 6.07) is 12.6. The largest absolute Gasteiger partial charge is 0.368 e. The predicted molar refractivity (Wildman–Crippen MR) is 175 cm³/mol. The molecule has 0 amide bonds. The van der Waals surface area contributed by atoms with Gasteiger partial charge in [0.1, 0.15) is 6.17 Å². The van der Waals surface area contributed by atoms with Crippen molar-refractivity contribution < 1.29 is 4.79 Å². The lowest BCUT2D eigenvalue weighted by molar-refractivity contribution is -0.105. The number of fused-ring (bicyclic) bond motifs is 1. The number of hydrogen-bond donors (Lipinski definition) is 4. The van der Waals surface area contributed by atoms with Gasteiger partial charge in [0.15, 0.2) is 6.29 Å². The molecule has 0 bridgehead atoms. The third-order valence-electron chi connectivity index (χ3n) is 5.31. The molecule has 218 valence electrons. The van der Waals surface area contributed by atoms with Crippen molar-refractivity contribution in [2.45, 2.75) is 67.5 Å². The highest BCUT2D eigenvalue weighted by atomic mass is 16.1. The van der Waals surface area contributed by atoms with Crippen molar-refractivity contribution in [1.29, 1.82) is 0 Å². The molecule has 0 fully saturated rings. The third-order valence-corrected chi connectivity index (χ3v) is 5.31. The smallest absolute Gasteiger partial charge is 0.165 e. The maximum Gasteiger partial charge on any atom is 0.165 e. The van der Waals surface area contributed by atoms with E-state index in [1.54, 1.807) is 12.1 Å². The average molecular weight is 546 g/mol. The first-order valence-corrected chi connectivity index (χ1v) is 13.8. The van der Waals surface area contributed by atoms with Crippen molar-refractivity contribution in [3.63, 3.8) is 0 Å². The number of aryl methyl sites for hydroxylation is 2. The van der Waals surface area contributed by atoms with Gasteiger partial charge in [0.25, 0.3) is 0 Å². The second-order valence-electron chi connectivity index (χ2n) is 8.48. The number of terminal acetylenes is 1. The van der Waals surface area contributed by atoms with Crippen LogP contribution in [0.1, 0.15) is 56.5 Å². The van der Waals surface area contributed by atoms with Gasteiger partial charge < -0.3 is 21.7 Å². The van der Waals surface area contributed by atoms with Crippen molar-refractivity contribution in [2.75, 3.05) is 13.6 Å². The molecule has 5 N–H and O–H groups in total. The Labute approximate surface area is 244 Å². The lowest BCUT2D eigenvalue weighted by Gasteiger charge is -2.19. The summed E-state index contributed by atoms with van der Waals surface area (Å²) in [4.78, 5) is 15.2. The van der Waals surface area contributed by atoms with E-state index in [9.17, 15) is 4.79 Å². The minimum absolute atomic E-state index is 0.0974. The zero-order valence-electron chi connectivity index (χ0n) is 25.9. The summed E-state index contributed by atoms with van der Waals surface area (Å²) in [6.07, 6.45) is 15.1. The van der Waals surface area contributed by atoms with E-state index in [1.807, 2.05) is 39.2 Å². The number of rotatable bonds is 5. The first kappa shape index (κ1) is 38.1. The summed E-state index contributed by atoms with van der Waals surface area (Å²) in [7, 11) is 1.97. The zero-order valence-corrected chi connectivity index (χ0v) is 25.9. The molecule has 2 aliphatic heterocycles. The Hall–Kier alpha value is -4.08. The number of nitrogens with zero attached hydrogens (tertiary/aromatic N) is 1. The van der Waals surface area contributed by atoms with Crippen molar-refractivity contribution in [3.8, 4) is 23.7 Å². The number of carbonyl (C=O) groups is 1. The quantitative estimate of drug-likeness (QED) is 0.153. The first-order valence-electron chi connectivity index (χ1n) is 13.8. The van der Waals surface area contributed by atoms with Gasteiger partial charge in [-0.25, -0.2) is 0 Å². The Bertz CT molecular complexity index is 1110. The maximum atomic E-state index is 10.3. The molecule has 2 aliphatic rings. The number of aromatic nitrogens is 1. The average Bonchev–Trinajstić information content (AvgIpc) is 3.45. The summed E-state index contributed by atoms with van der Waals surface area (Å²) in [5.41, 5.74) is 13.5. The van der Waals surface area contributed by atoms with Crippen LogP contribution in [0.15, 0.2) is 79.2 Å². The van der Waals surface area contributed by atoms with Gasteiger partial charge in [-0.3, -0.25) is 9.78 Å². The number of pyridine rings is 1. The molecule has 2 aromatic rings. The highest BCUT2D eigenvalue weighted by Crippen LogP contribution is 2.24. The number of nitrogens with one attached hydrogen (secondary N) is 3. The topological polar surface area (TPSA) is 92.1 Å². The SMILES string of the molecule is C#CN.C=C.CC.CCC.CNCCc1cc(C)c(C)c(-c2ccc(C)cc2)n1.O=CC1=CC=C2C=CNC2N1. The first-order chi connectivity index (χ1) is 19.3. The van der Waals surface area contributed by atoms with Crippen LogP contribution in [0.4, 0.5) is 0 Å². The van der Waals surface area contributed by atoms with Gasteiger partial charge in [-0.1, -0.05) is 76.4 Å². The fourth-order valence-electron chi connectivity index (χ4n) is 3.36. The van der Waals surface area contributed by atoms with E-state index in [1.165, 1.54) is 28.7 Å². The molecule has 6 heteroatoms. The van der Waals surface area contributed by atoms with Crippen LogP contribution >= 0.6 is 0 Å². The highest BCUT2D eigenvalue weighted by molar-refractivity contribution is 5.74. The number of likely N-dealkylation sites (N-methyl/N-ethyl adjacent to an activating group) is 1. The van der Waals surface area contributed by atoms with Crippen LogP contribution in [-0.2, 0) is 11.2 Å². The van der Waals surface area contributed by atoms with Crippen LogP contribution in [-0.4, -0.2) is 31.0 Å². The molecule has 1 aromatic carbocycles. The van der Waals surface area contributed by atoms with Gasteiger partial charge in [0.2, 0.25) is 0 Å². The number of allylic oxidation sites excluding steroid dienone is 3. The molecule has 40 heavy (non-hydrogen) atoms. The number of nitrogens with two attached hydrogens (primary N) is 1. The molecule has 0 aliphatic carbocycles. The number of hydrogen-bond acceptors (Lipinski definition) is 6. The summed E-state index contributed by atoms with van der Waals surface area (Å²) < 4.78 is 0. The molecule has 1 unspecified atom stereocenters. The van der Waals surface area contributed by atoms with Crippen LogP contribution in [0.5, 0.6) is 0 Å². The van der Waals surface area contributed by atoms with Crippen LogP contribution in [0.25, 0.3) is 11.3 Å². The number of carbonyl (C=O) groups excluding carboxylic acids is 1. The summed E-state index contributed by atoms with van der Waals surface area (Å²) in [5, 5.41) is 9.26. The zero-order chi connectivity index (χ0) is 30.9. The van der Waals surface area contributed by atoms with E-state index < -0.39 is 0 Å². The molecule has 0 spiro atoms. The van der Waals surface area contributed by atoms with Crippen molar-refractivity contribution in [2.24, 2.45) is 5.73 Å². The molecule has 0 saturated heterocycles. The van der Waals surface area contributed by atoms with E-state index in [2.05, 4.69) is 106 Å². The molecule has 1 aromatic heterocycles. The van der Waals surface area contributed by atoms with Gasteiger partial charge in [-0.15, -0.1) is 13.2 Å². The van der Waals surface area contributed by atoms with Gasteiger partial charge in [-0.05, 0) is 75.0 Å². The standard InChI is InChI=1S/C17H22N2.C8H8N2O.C3H8.C2H3N.C2H6.C2H4/c1-12-5-7-15(8-6-12)17-14(3)13(2)11-16(19-17)9-10-18-4;11-5-7-2-1-6-3-4-9-8(6)10-7;1-3-2;1-2-3;2*1-2/h5-8,11,18H,9-10H2,1-4H3;1-5,8-10H;3H2,1-2H3;1H,3H2;1-2H3;1-2H2. The van der Waals surface area contributed by atoms with E-state index in [4.69, 9.17) is 4.98 Å². The molecule has 1 atom stereocenters. The lowest BCUT2D eigenvalue weighted by atomic mass is 10.0. The minimum atomic E-state index is 0.0974. The minimum Gasteiger partial charge on any atom is -0.368 e. The maximum absolute atomic E-state index is 10.3. The molecular weight excluding hydrogens is 494 g/mol. The fraction of sp³-hybridized carbons (Fsp3) is 0.353. The Morgan fingerprint density at radius 1 is 1.12 bits per heavy atom. The number of aldehydes is 1. The monoisotopic (exact) mass is 545 g/mol. The van der Waals surface area contributed by atoms with E-state index in [0.29, 0.717) is 5.70 Å². The van der Waals surface area contributed by atoms with Gasteiger partial charge in [-0.2, -0.15) is 0 Å². The van der Waals surface area contributed by atoms with Crippen molar-refractivity contribution >= 4 is 6.29 Å². The van der Waals surface area contributed by atoms with Crippen LogP contribution in [0, 0.1) is 33.2 Å². The molecule has 0 saturated carbocycles. The van der Waals surface area contributed by atoms with E-state index in [-0.39, 0.29) is 6.17 Å². The van der Waals surface area contributed by atoms with Gasteiger partial charge in [0, 0.05) is 24.2 Å². The summed E-state index contributed by atoms with van der Waals surface area (Å²) in [6.45, 7) is 21.6. The number of dihydropyridines is 1. The van der Waals surface area contributed by atoms with Gasteiger partial charge >= 0.3 is 0 Å². The lowest BCUT2D eigenvalue weighted by Crippen LogP contribution is -2.39. The van der Waals surface area contributed by atoms with Crippen LogP contribution < -0.4 is 21.7 Å². The van der Waals surface area contributed by atoms with Crippen molar-refractivity contribution in [3.05, 3.63) is 102 Å². The third kappa shape index (κ3) is 14.2. The Morgan fingerprint density at radius 2 is 1.70 bits per heavy atom. The fourth-order valence-corrected chi connectivity index (χ4v) is 3.36. The Morgan fingerprint density at radius 3 is 2.23 bits per heavy atom. The second-order valence-corrected chi connectivity index (χ2v) is 8.48. The number of benzene rings is 1. The van der Waals surface area contributed by atoms with E-state index >= 15 is 0 Å². The summed E-state index contributed by atoms with van der Waals surface area (Å²) in [5.74, 6) is 0. The molecule has 3 heterocycles. The molecule has 6 nitrogen and oxygen atoms in total. The van der Waals surface area contributed by atoms with Gasteiger partial charge in [0.05, 0.1) is 11.4 Å². The van der Waals surface area contributed by atoms with Crippen molar-refractivity contribution in [1.82, 2.24) is 20.9 Å². The van der Waals surface area contributed by atoms with Crippen LogP contribution in [0.3, 0.4) is 0 Å².